The molecule has 0 aliphatic carbocycles. The lowest BCUT2D eigenvalue weighted by Gasteiger charge is -2.20. The van der Waals surface area contributed by atoms with E-state index in [9.17, 15) is 18.8 Å². The highest BCUT2D eigenvalue weighted by Crippen LogP contribution is 2.28. The van der Waals surface area contributed by atoms with Crippen molar-refractivity contribution in [3.63, 3.8) is 0 Å². The zero-order valence-corrected chi connectivity index (χ0v) is 17.5. The maximum Gasteiger partial charge on any atom is 0.319 e. The number of carbonyl (C=O) groups excluding carboxylic acids is 3. The Bertz CT molecular complexity index is 1010. The lowest BCUT2D eigenvalue weighted by atomic mass is 10.1. The summed E-state index contributed by atoms with van der Waals surface area (Å²) >= 11 is 6.28. The standard InChI is InChI=1S/C22H22ClFN4O3/c23-19-8-7-17(28-10-1-2-20(28)29)12-18(19)21(30)27-11-9-16(13-27)26-22(31)25-15-5-3-14(24)4-6-15/h3-8,12,16H,1-2,9-11,13H2,(H2,25,26,31). The summed E-state index contributed by atoms with van der Waals surface area (Å²) in [6, 6.07) is 9.88. The van der Waals surface area contributed by atoms with Crippen LogP contribution in [0.1, 0.15) is 29.6 Å². The molecular weight excluding hydrogens is 423 g/mol. The number of likely N-dealkylation sites (tertiary alicyclic amines) is 1. The van der Waals surface area contributed by atoms with Crippen LogP contribution >= 0.6 is 11.6 Å². The highest BCUT2D eigenvalue weighted by molar-refractivity contribution is 6.34. The van der Waals surface area contributed by atoms with Crippen LogP contribution in [0, 0.1) is 5.82 Å². The highest BCUT2D eigenvalue weighted by atomic mass is 35.5. The van der Waals surface area contributed by atoms with E-state index in [0.29, 0.717) is 54.4 Å². The average Bonchev–Trinajstić information content (AvgIpc) is 3.39. The number of nitrogens with one attached hydrogen (secondary N) is 2. The van der Waals surface area contributed by atoms with Crippen LogP contribution in [0.5, 0.6) is 0 Å². The van der Waals surface area contributed by atoms with E-state index in [4.69, 9.17) is 11.6 Å². The number of urea groups is 1. The molecule has 7 nitrogen and oxygen atoms in total. The highest BCUT2D eigenvalue weighted by Gasteiger charge is 2.30. The molecule has 31 heavy (non-hydrogen) atoms. The third-order valence-corrected chi connectivity index (χ3v) is 5.81. The minimum atomic E-state index is -0.418. The van der Waals surface area contributed by atoms with Crippen LogP contribution in [0.2, 0.25) is 5.02 Å². The van der Waals surface area contributed by atoms with E-state index in [1.807, 2.05) is 0 Å². The van der Waals surface area contributed by atoms with E-state index >= 15 is 0 Å². The zero-order chi connectivity index (χ0) is 22.0. The van der Waals surface area contributed by atoms with Crippen molar-refractivity contribution in [2.75, 3.05) is 29.9 Å². The second kappa shape index (κ2) is 8.93. The van der Waals surface area contributed by atoms with Crippen LogP contribution in [0.4, 0.5) is 20.6 Å². The fourth-order valence-corrected chi connectivity index (χ4v) is 4.08. The van der Waals surface area contributed by atoms with Crippen LogP contribution < -0.4 is 15.5 Å². The maximum absolute atomic E-state index is 13.0. The van der Waals surface area contributed by atoms with Gasteiger partial charge in [0, 0.05) is 43.5 Å². The molecule has 1 atom stereocenters. The third kappa shape index (κ3) is 4.80. The van der Waals surface area contributed by atoms with Crippen molar-refractivity contribution in [3.05, 3.63) is 58.9 Å². The van der Waals surface area contributed by atoms with Gasteiger partial charge in [0.1, 0.15) is 5.82 Å². The van der Waals surface area contributed by atoms with Crippen LogP contribution in [-0.2, 0) is 4.79 Å². The monoisotopic (exact) mass is 444 g/mol. The minimum absolute atomic E-state index is 0.0401. The van der Waals surface area contributed by atoms with Gasteiger partial charge in [-0.05, 0) is 55.3 Å². The topological polar surface area (TPSA) is 81.8 Å². The lowest BCUT2D eigenvalue weighted by Crippen LogP contribution is -2.40. The van der Waals surface area contributed by atoms with Gasteiger partial charge in [0.2, 0.25) is 5.91 Å². The number of halogens is 2. The van der Waals surface area contributed by atoms with Gasteiger partial charge in [-0.2, -0.15) is 0 Å². The summed E-state index contributed by atoms with van der Waals surface area (Å²) in [5.41, 5.74) is 1.49. The molecule has 2 heterocycles. The Labute approximate surface area is 184 Å². The fraction of sp³-hybridized carbons (Fsp3) is 0.318. The minimum Gasteiger partial charge on any atom is -0.336 e. The van der Waals surface area contributed by atoms with Gasteiger partial charge >= 0.3 is 6.03 Å². The Balaban J connectivity index is 1.37. The molecule has 4 rings (SSSR count). The van der Waals surface area contributed by atoms with Crippen LogP contribution in [0.3, 0.4) is 0 Å². The van der Waals surface area contributed by atoms with Gasteiger partial charge in [-0.1, -0.05) is 11.6 Å². The summed E-state index contributed by atoms with van der Waals surface area (Å²) in [6.45, 7) is 1.45. The van der Waals surface area contributed by atoms with Crippen LogP contribution in [-0.4, -0.2) is 48.4 Å². The van der Waals surface area contributed by atoms with Crippen LogP contribution in [0.15, 0.2) is 42.5 Å². The Kier molecular flexibility index (Phi) is 6.08. The molecule has 0 aromatic heterocycles. The Morgan fingerprint density at radius 3 is 2.58 bits per heavy atom. The Morgan fingerprint density at radius 2 is 1.87 bits per heavy atom. The van der Waals surface area contributed by atoms with Gasteiger partial charge in [0.15, 0.2) is 0 Å². The van der Waals surface area contributed by atoms with E-state index in [2.05, 4.69) is 10.6 Å². The van der Waals surface area contributed by atoms with E-state index in [1.54, 1.807) is 28.0 Å². The summed E-state index contributed by atoms with van der Waals surface area (Å²) in [7, 11) is 0. The molecule has 4 amide bonds. The predicted octanol–water partition coefficient (Wildman–Crippen LogP) is 3.64. The normalized spacial score (nSPS) is 18.4. The summed E-state index contributed by atoms with van der Waals surface area (Å²) in [5, 5.41) is 5.80. The average molecular weight is 445 g/mol. The van der Waals surface area contributed by atoms with Crippen molar-refractivity contribution in [1.82, 2.24) is 10.2 Å². The number of hydrogen-bond acceptors (Lipinski definition) is 3. The van der Waals surface area contributed by atoms with Gasteiger partial charge in [0.05, 0.1) is 10.6 Å². The molecule has 9 heteroatoms. The largest absolute Gasteiger partial charge is 0.336 e. The SMILES string of the molecule is O=C(Nc1ccc(F)cc1)NC1CCN(C(=O)c2cc(N3CCCC3=O)ccc2Cl)C1. The summed E-state index contributed by atoms with van der Waals surface area (Å²) < 4.78 is 13.0. The van der Waals surface area contributed by atoms with Gasteiger partial charge in [-0.25, -0.2) is 9.18 Å². The van der Waals surface area contributed by atoms with E-state index in [-0.39, 0.29) is 23.7 Å². The summed E-state index contributed by atoms with van der Waals surface area (Å²) in [5.74, 6) is -0.576. The van der Waals surface area contributed by atoms with Gasteiger partial charge in [-0.15, -0.1) is 0 Å². The van der Waals surface area contributed by atoms with E-state index < -0.39 is 6.03 Å². The van der Waals surface area contributed by atoms with Crippen molar-refractivity contribution in [2.45, 2.75) is 25.3 Å². The smallest absolute Gasteiger partial charge is 0.319 e. The first-order valence-corrected chi connectivity index (χ1v) is 10.5. The Hall–Kier alpha value is -3.13. The van der Waals surface area contributed by atoms with E-state index in [1.165, 1.54) is 24.3 Å². The van der Waals surface area contributed by atoms with Crippen molar-refractivity contribution >= 4 is 40.8 Å². The molecule has 2 fully saturated rings. The maximum atomic E-state index is 13.0. The van der Waals surface area contributed by atoms with Crippen molar-refractivity contribution < 1.29 is 18.8 Å². The number of nitrogens with zero attached hydrogens (tertiary/aromatic N) is 2. The van der Waals surface area contributed by atoms with Crippen molar-refractivity contribution in [3.8, 4) is 0 Å². The van der Waals surface area contributed by atoms with E-state index in [0.717, 1.165) is 6.42 Å². The summed E-state index contributed by atoms with van der Waals surface area (Å²) in [6.07, 6.45) is 1.90. The number of hydrogen-bond donors (Lipinski definition) is 2. The van der Waals surface area contributed by atoms with Crippen molar-refractivity contribution in [2.24, 2.45) is 0 Å². The molecule has 2 aromatic carbocycles. The molecule has 2 saturated heterocycles. The molecule has 2 aliphatic heterocycles. The van der Waals surface area contributed by atoms with Crippen molar-refractivity contribution in [1.29, 1.82) is 0 Å². The predicted molar refractivity (Wildman–Crippen MR) is 116 cm³/mol. The number of carbonyl (C=O) groups is 3. The molecule has 2 N–H and O–H groups in total. The van der Waals surface area contributed by atoms with Gasteiger partial charge in [-0.3, -0.25) is 9.59 Å². The molecular formula is C22H22ClFN4O3. The molecule has 0 bridgehead atoms. The lowest BCUT2D eigenvalue weighted by molar-refractivity contribution is -0.117. The van der Waals surface area contributed by atoms with Gasteiger partial charge in [0.25, 0.3) is 5.91 Å². The quantitative estimate of drug-likeness (QED) is 0.755. The molecule has 162 valence electrons. The number of amides is 4. The van der Waals surface area contributed by atoms with Crippen LogP contribution in [0.25, 0.3) is 0 Å². The van der Waals surface area contributed by atoms with Gasteiger partial charge < -0.3 is 20.4 Å². The molecule has 1 unspecified atom stereocenters. The second-order valence-corrected chi connectivity index (χ2v) is 8.06. The first-order chi connectivity index (χ1) is 14.9. The first kappa shape index (κ1) is 21.1. The zero-order valence-electron chi connectivity index (χ0n) is 16.7. The molecule has 0 saturated carbocycles. The number of anilines is 2. The second-order valence-electron chi connectivity index (χ2n) is 7.66. The third-order valence-electron chi connectivity index (χ3n) is 5.48. The molecule has 2 aromatic rings. The number of benzene rings is 2. The first-order valence-electron chi connectivity index (χ1n) is 10.1. The number of rotatable bonds is 4. The summed E-state index contributed by atoms with van der Waals surface area (Å²) in [4.78, 5) is 40.6. The Morgan fingerprint density at radius 1 is 1.10 bits per heavy atom. The molecule has 2 aliphatic rings. The fourth-order valence-electron chi connectivity index (χ4n) is 3.88. The molecule has 0 radical (unpaired) electrons. The molecule has 0 spiro atoms.